The van der Waals surface area contributed by atoms with Crippen molar-refractivity contribution >= 4 is 27.8 Å². The second-order valence-electron chi connectivity index (χ2n) is 4.62. The second kappa shape index (κ2) is 6.11. The van der Waals surface area contributed by atoms with E-state index in [2.05, 4.69) is 14.7 Å². The maximum absolute atomic E-state index is 12.3. The molecular weight excluding hydrogens is 304 g/mol. The zero-order valence-electron chi connectivity index (χ0n) is 11.3. The number of rotatable bonds is 4. The van der Waals surface area contributed by atoms with Crippen LogP contribution < -0.4 is 9.46 Å². The number of methoxy groups -OCH3 is 1. The number of aromatic nitrogens is 2. The minimum atomic E-state index is -3.68. The number of halogens is 1. The topological polar surface area (TPSA) is 84.4 Å². The average Bonchev–Trinajstić information content (AvgIpc) is 2.37. The van der Waals surface area contributed by atoms with Crippen LogP contribution >= 0.6 is 11.6 Å². The fourth-order valence-corrected chi connectivity index (χ4v) is 3.71. The molecule has 0 bridgehead atoms. The van der Waals surface area contributed by atoms with Gasteiger partial charge in [-0.1, -0.05) is 18.0 Å². The number of nitrogens with zero attached hydrogens (tertiary/aromatic N) is 3. The summed E-state index contributed by atoms with van der Waals surface area (Å²) in [7, 11) is -2.26. The van der Waals surface area contributed by atoms with E-state index in [9.17, 15) is 8.42 Å². The van der Waals surface area contributed by atoms with E-state index in [-0.39, 0.29) is 23.0 Å². The molecule has 0 saturated carbocycles. The molecule has 0 aromatic carbocycles. The van der Waals surface area contributed by atoms with Gasteiger partial charge < -0.3 is 4.74 Å². The van der Waals surface area contributed by atoms with Crippen LogP contribution in [-0.2, 0) is 10.2 Å². The fourth-order valence-electron chi connectivity index (χ4n) is 2.15. The molecule has 1 saturated heterocycles. The smallest absolute Gasteiger partial charge is 0.304 e. The van der Waals surface area contributed by atoms with Gasteiger partial charge in [0.2, 0.25) is 11.8 Å². The average molecular weight is 321 g/mol. The Morgan fingerprint density at radius 2 is 2.20 bits per heavy atom. The highest BCUT2D eigenvalue weighted by Crippen LogP contribution is 2.22. The Labute approximate surface area is 123 Å². The summed E-state index contributed by atoms with van der Waals surface area (Å²) in [4.78, 5) is 7.77. The van der Waals surface area contributed by atoms with E-state index in [1.54, 1.807) is 0 Å². The van der Waals surface area contributed by atoms with Crippen LogP contribution in [0.25, 0.3) is 0 Å². The molecule has 2 heterocycles. The fraction of sp³-hybridized carbons (Fsp3) is 0.636. The van der Waals surface area contributed by atoms with Crippen molar-refractivity contribution in [2.45, 2.75) is 32.2 Å². The molecule has 0 aliphatic carbocycles. The molecule has 20 heavy (non-hydrogen) atoms. The first-order valence-corrected chi connectivity index (χ1v) is 8.12. The highest BCUT2D eigenvalue weighted by atomic mass is 35.5. The molecule has 1 aliphatic rings. The molecule has 1 fully saturated rings. The van der Waals surface area contributed by atoms with Crippen molar-refractivity contribution in [2.24, 2.45) is 0 Å². The van der Waals surface area contributed by atoms with Gasteiger partial charge in [0.15, 0.2) is 0 Å². The molecule has 7 nitrogen and oxygen atoms in total. The normalized spacial score (nSPS) is 20.6. The summed E-state index contributed by atoms with van der Waals surface area (Å²) in [5.41, 5.74) is 0. The lowest BCUT2D eigenvalue weighted by Gasteiger charge is -2.31. The first kappa shape index (κ1) is 15.3. The monoisotopic (exact) mass is 320 g/mol. The molecule has 0 radical (unpaired) electrons. The van der Waals surface area contributed by atoms with Crippen LogP contribution in [0.4, 0.5) is 5.95 Å². The van der Waals surface area contributed by atoms with E-state index in [1.807, 2.05) is 6.92 Å². The van der Waals surface area contributed by atoms with Crippen molar-refractivity contribution in [1.29, 1.82) is 0 Å². The molecule has 1 atom stereocenters. The number of nitrogens with one attached hydrogen (secondary N) is 1. The van der Waals surface area contributed by atoms with E-state index < -0.39 is 10.2 Å². The van der Waals surface area contributed by atoms with Crippen molar-refractivity contribution in [3.05, 3.63) is 11.2 Å². The number of hydrogen-bond acceptors (Lipinski definition) is 5. The van der Waals surface area contributed by atoms with Crippen molar-refractivity contribution in [1.82, 2.24) is 14.3 Å². The molecule has 2 rings (SSSR count). The van der Waals surface area contributed by atoms with Crippen LogP contribution in [0.1, 0.15) is 26.2 Å². The van der Waals surface area contributed by atoms with E-state index in [4.69, 9.17) is 16.3 Å². The quantitative estimate of drug-likeness (QED) is 0.853. The van der Waals surface area contributed by atoms with Gasteiger partial charge in [0.05, 0.1) is 7.11 Å². The van der Waals surface area contributed by atoms with Crippen LogP contribution in [0.2, 0.25) is 5.15 Å². The van der Waals surface area contributed by atoms with Crippen LogP contribution in [0, 0.1) is 0 Å². The van der Waals surface area contributed by atoms with Gasteiger partial charge in [0, 0.05) is 18.7 Å². The van der Waals surface area contributed by atoms with Crippen LogP contribution in [0.15, 0.2) is 6.07 Å². The third-order valence-corrected chi connectivity index (χ3v) is 4.95. The van der Waals surface area contributed by atoms with E-state index in [0.29, 0.717) is 6.54 Å². The Bertz CT molecular complexity index is 581. The van der Waals surface area contributed by atoms with Crippen LogP contribution in [-0.4, -0.2) is 42.4 Å². The molecule has 1 N–H and O–H groups in total. The van der Waals surface area contributed by atoms with E-state index in [0.717, 1.165) is 19.3 Å². The predicted molar refractivity (Wildman–Crippen MR) is 76.2 cm³/mol. The molecule has 1 unspecified atom stereocenters. The van der Waals surface area contributed by atoms with Gasteiger partial charge in [-0.2, -0.15) is 17.7 Å². The van der Waals surface area contributed by atoms with Crippen molar-refractivity contribution in [3.8, 4) is 5.88 Å². The third kappa shape index (κ3) is 3.50. The zero-order valence-corrected chi connectivity index (χ0v) is 12.9. The summed E-state index contributed by atoms with van der Waals surface area (Å²) >= 11 is 5.79. The predicted octanol–water partition coefficient (Wildman–Crippen LogP) is 1.67. The number of ether oxygens (including phenoxy) is 1. The molecule has 1 aliphatic heterocycles. The third-order valence-electron chi connectivity index (χ3n) is 3.15. The van der Waals surface area contributed by atoms with Gasteiger partial charge in [-0.25, -0.2) is 9.71 Å². The molecule has 9 heteroatoms. The number of anilines is 1. The lowest BCUT2D eigenvalue weighted by molar-refractivity contribution is 0.270. The molecule has 1 aromatic heterocycles. The largest absolute Gasteiger partial charge is 0.481 e. The maximum Gasteiger partial charge on any atom is 0.304 e. The van der Waals surface area contributed by atoms with E-state index >= 15 is 0 Å². The zero-order chi connectivity index (χ0) is 14.8. The first-order chi connectivity index (χ1) is 9.42. The maximum atomic E-state index is 12.3. The van der Waals surface area contributed by atoms with Gasteiger partial charge in [-0.3, -0.25) is 0 Å². The standard InChI is InChI=1S/C11H17ClN4O3S/c1-8-5-3-4-6-16(8)20(17,18)15-11-13-9(12)7-10(14-11)19-2/h7-8H,3-6H2,1-2H3,(H,13,14,15). The van der Waals surface area contributed by atoms with Crippen LogP contribution in [0.3, 0.4) is 0 Å². The summed E-state index contributed by atoms with van der Waals surface area (Å²) in [6, 6.07) is 1.37. The van der Waals surface area contributed by atoms with Gasteiger partial charge in [-0.15, -0.1) is 0 Å². The molecular formula is C11H17ClN4O3S. The highest BCUT2D eigenvalue weighted by Gasteiger charge is 2.30. The summed E-state index contributed by atoms with van der Waals surface area (Å²) in [5.74, 6) is 0.113. The lowest BCUT2D eigenvalue weighted by atomic mass is 10.1. The molecule has 112 valence electrons. The van der Waals surface area contributed by atoms with Gasteiger partial charge in [0.1, 0.15) is 5.15 Å². The Balaban J connectivity index is 2.21. The first-order valence-electron chi connectivity index (χ1n) is 6.30. The minimum absolute atomic E-state index is 0.0395. The summed E-state index contributed by atoms with van der Waals surface area (Å²) < 4.78 is 33.4. The van der Waals surface area contributed by atoms with Gasteiger partial charge >= 0.3 is 10.2 Å². The Morgan fingerprint density at radius 1 is 1.45 bits per heavy atom. The number of hydrogen-bond donors (Lipinski definition) is 1. The Morgan fingerprint density at radius 3 is 2.85 bits per heavy atom. The molecule has 1 aromatic rings. The second-order valence-corrected chi connectivity index (χ2v) is 6.63. The van der Waals surface area contributed by atoms with Crippen molar-refractivity contribution in [2.75, 3.05) is 18.4 Å². The van der Waals surface area contributed by atoms with Gasteiger partial charge in [-0.05, 0) is 19.8 Å². The van der Waals surface area contributed by atoms with E-state index in [1.165, 1.54) is 17.5 Å². The Hall–Kier alpha value is -1.12. The molecule has 0 spiro atoms. The minimum Gasteiger partial charge on any atom is -0.481 e. The lowest BCUT2D eigenvalue weighted by Crippen LogP contribution is -2.45. The molecule has 0 amide bonds. The SMILES string of the molecule is COc1cc(Cl)nc(NS(=O)(=O)N2CCCCC2C)n1. The van der Waals surface area contributed by atoms with Gasteiger partial charge in [0.25, 0.3) is 0 Å². The van der Waals surface area contributed by atoms with Crippen LogP contribution in [0.5, 0.6) is 5.88 Å². The number of piperidine rings is 1. The van der Waals surface area contributed by atoms with Crippen molar-refractivity contribution in [3.63, 3.8) is 0 Å². The summed E-state index contributed by atoms with van der Waals surface area (Å²) in [6.07, 6.45) is 2.74. The van der Waals surface area contributed by atoms with Crippen molar-refractivity contribution < 1.29 is 13.2 Å². The summed E-state index contributed by atoms with van der Waals surface area (Å²) in [5, 5.41) is 0.112. The highest BCUT2D eigenvalue weighted by molar-refractivity contribution is 7.90. The Kier molecular flexibility index (Phi) is 4.66. The summed E-state index contributed by atoms with van der Waals surface area (Å²) in [6.45, 7) is 2.38.